The molecule has 1 saturated heterocycles. The minimum absolute atomic E-state index is 0.0609. The van der Waals surface area contributed by atoms with E-state index < -0.39 is 21.9 Å². The topological polar surface area (TPSA) is 88.8 Å². The van der Waals surface area contributed by atoms with Crippen LogP contribution in [0.2, 0.25) is 0 Å². The van der Waals surface area contributed by atoms with E-state index in [1.807, 2.05) is 22.6 Å². The van der Waals surface area contributed by atoms with Crippen molar-refractivity contribution in [1.29, 1.82) is 0 Å². The molecule has 7 nitrogen and oxygen atoms in total. The maximum atomic E-state index is 14.6. The fraction of sp³-hybridized carbons (Fsp3) is 0.250. The largest absolute Gasteiger partial charge is 0.465 e. The van der Waals surface area contributed by atoms with E-state index in [4.69, 9.17) is 4.74 Å². The van der Waals surface area contributed by atoms with Crippen LogP contribution >= 0.6 is 22.6 Å². The Kier molecular flexibility index (Phi) is 5.73. The van der Waals surface area contributed by atoms with Gasteiger partial charge in [0.1, 0.15) is 5.82 Å². The van der Waals surface area contributed by atoms with Gasteiger partial charge in [-0.2, -0.15) is 0 Å². The van der Waals surface area contributed by atoms with Crippen molar-refractivity contribution in [3.8, 4) is 0 Å². The first kappa shape index (κ1) is 21.1. The molecule has 30 heavy (non-hydrogen) atoms. The SMILES string of the molecule is O=C(O)N(c1cc(F)cc2c1cc(I)n2S(=O)(=O)c1ccccc1)C1CCOCC1. The summed E-state index contributed by atoms with van der Waals surface area (Å²) >= 11 is 1.86. The number of anilines is 1. The van der Waals surface area contributed by atoms with Crippen molar-refractivity contribution in [2.75, 3.05) is 18.1 Å². The first-order valence-corrected chi connectivity index (χ1v) is 11.7. The van der Waals surface area contributed by atoms with Crippen LogP contribution in [0.4, 0.5) is 14.9 Å². The third-order valence-corrected chi connectivity index (χ3v) is 7.94. The summed E-state index contributed by atoms with van der Waals surface area (Å²) in [4.78, 5) is 13.3. The lowest BCUT2D eigenvalue weighted by Crippen LogP contribution is -2.43. The number of rotatable bonds is 4. The van der Waals surface area contributed by atoms with Gasteiger partial charge in [-0.05, 0) is 65.8 Å². The van der Waals surface area contributed by atoms with Crippen LogP contribution in [0.15, 0.2) is 53.4 Å². The van der Waals surface area contributed by atoms with Gasteiger partial charge in [-0.25, -0.2) is 21.6 Å². The molecule has 10 heteroatoms. The standard InChI is InChI=1S/C20H18FIN2O5S/c21-13-10-17(23(20(25)26)14-6-8-29-9-7-14)16-12-19(22)24(18(16)11-13)30(27,28)15-4-2-1-3-5-15/h1-5,10-12,14H,6-9H2,(H,25,26). The van der Waals surface area contributed by atoms with Gasteiger partial charge in [-0.1, -0.05) is 18.2 Å². The fourth-order valence-electron chi connectivity index (χ4n) is 3.74. The number of carbonyl (C=O) groups is 1. The lowest BCUT2D eigenvalue weighted by molar-refractivity contribution is 0.0838. The van der Waals surface area contributed by atoms with Crippen LogP contribution in [0.5, 0.6) is 0 Å². The Morgan fingerprint density at radius 2 is 1.83 bits per heavy atom. The zero-order chi connectivity index (χ0) is 21.5. The van der Waals surface area contributed by atoms with E-state index in [9.17, 15) is 22.7 Å². The highest BCUT2D eigenvalue weighted by Crippen LogP contribution is 2.36. The number of hydrogen-bond donors (Lipinski definition) is 1. The number of nitrogens with zero attached hydrogens (tertiary/aromatic N) is 2. The molecular formula is C20H18FIN2O5S. The molecule has 4 rings (SSSR count). The number of aromatic nitrogens is 1. The van der Waals surface area contributed by atoms with Crippen molar-refractivity contribution in [3.63, 3.8) is 0 Å². The van der Waals surface area contributed by atoms with Gasteiger partial charge < -0.3 is 9.84 Å². The van der Waals surface area contributed by atoms with E-state index in [-0.39, 0.29) is 22.1 Å². The van der Waals surface area contributed by atoms with E-state index in [1.165, 1.54) is 12.1 Å². The molecule has 0 aliphatic carbocycles. The second kappa shape index (κ2) is 8.16. The molecule has 1 fully saturated rings. The van der Waals surface area contributed by atoms with Crippen molar-refractivity contribution in [3.05, 3.63) is 58.0 Å². The third-order valence-electron chi connectivity index (χ3n) is 5.08. The van der Waals surface area contributed by atoms with Crippen LogP contribution in [0.1, 0.15) is 12.8 Å². The van der Waals surface area contributed by atoms with Crippen molar-refractivity contribution in [1.82, 2.24) is 3.97 Å². The number of ether oxygens (including phenoxy) is 1. The Morgan fingerprint density at radius 3 is 2.47 bits per heavy atom. The summed E-state index contributed by atoms with van der Waals surface area (Å²) in [6.45, 7) is 0.821. The van der Waals surface area contributed by atoms with Gasteiger partial charge in [-0.15, -0.1) is 0 Å². The number of fused-ring (bicyclic) bond motifs is 1. The molecule has 1 aliphatic heterocycles. The van der Waals surface area contributed by atoms with Crippen molar-refractivity contribution in [2.24, 2.45) is 0 Å². The highest BCUT2D eigenvalue weighted by molar-refractivity contribution is 14.1. The highest BCUT2D eigenvalue weighted by Gasteiger charge is 2.31. The molecule has 3 aromatic rings. The Morgan fingerprint density at radius 1 is 1.17 bits per heavy atom. The number of hydrogen-bond acceptors (Lipinski definition) is 4. The molecule has 1 aromatic heterocycles. The summed E-state index contributed by atoms with van der Waals surface area (Å²) in [5.74, 6) is -0.713. The minimum Gasteiger partial charge on any atom is -0.465 e. The van der Waals surface area contributed by atoms with Crippen LogP contribution in [-0.4, -0.2) is 42.8 Å². The monoisotopic (exact) mass is 544 g/mol. The Hall–Kier alpha value is -2.18. The maximum Gasteiger partial charge on any atom is 0.412 e. The molecule has 1 amide bonds. The predicted molar refractivity (Wildman–Crippen MR) is 118 cm³/mol. The van der Waals surface area contributed by atoms with E-state index in [1.54, 1.807) is 24.3 Å². The molecule has 1 N–H and O–H groups in total. The van der Waals surface area contributed by atoms with Crippen LogP contribution in [0, 0.1) is 9.52 Å². The normalized spacial score (nSPS) is 15.4. The number of carboxylic acid groups (broad SMARTS) is 1. The Labute approximate surface area is 186 Å². The van der Waals surface area contributed by atoms with Gasteiger partial charge in [0.2, 0.25) is 0 Å². The molecule has 2 heterocycles. The van der Waals surface area contributed by atoms with Gasteiger partial charge in [0, 0.05) is 24.6 Å². The van der Waals surface area contributed by atoms with E-state index in [0.29, 0.717) is 35.1 Å². The second-order valence-corrected chi connectivity index (χ2v) is 9.80. The van der Waals surface area contributed by atoms with Gasteiger partial charge in [0.25, 0.3) is 10.0 Å². The smallest absolute Gasteiger partial charge is 0.412 e. The molecule has 158 valence electrons. The molecule has 0 spiro atoms. The lowest BCUT2D eigenvalue weighted by Gasteiger charge is -2.32. The summed E-state index contributed by atoms with van der Waals surface area (Å²) < 4.78 is 47.8. The number of amides is 1. The summed E-state index contributed by atoms with van der Waals surface area (Å²) in [5, 5.41) is 10.2. The van der Waals surface area contributed by atoms with Gasteiger partial charge in [0.15, 0.2) is 0 Å². The van der Waals surface area contributed by atoms with Crippen LogP contribution in [0.25, 0.3) is 10.9 Å². The molecule has 0 saturated carbocycles. The molecule has 0 unspecified atom stereocenters. The van der Waals surface area contributed by atoms with Crippen LogP contribution in [-0.2, 0) is 14.8 Å². The van der Waals surface area contributed by atoms with Gasteiger partial charge in [-0.3, -0.25) is 4.90 Å². The summed E-state index contributed by atoms with van der Waals surface area (Å²) in [6, 6.07) is 11.3. The van der Waals surface area contributed by atoms with E-state index >= 15 is 0 Å². The number of halogens is 2. The third kappa shape index (κ3) is 3.67. The minimum atomic E-state index is -4.00. The maximum absolute atomic E-state index is 14.6. The molecule has 0 bridgehead atoms. The van der Waals surface area contributed by atoms with E-state index in [0.717, 1.165) is 21.0 Å². The van der Waals surface area contributed by atoms with Crippen LogP contribution < -0.4 is 4.90 Å². The Bertz CT molecular complexity index is 1210. The highest BCUT2D eigenvalue weighted by atomic mass is 127. The quantitative estimate of drug-likeness (QED) is 0.496. The lowest BCUT2D eigenvalue weighted by atomic mass is 10.1. The molecule has 0 radical (unpaired) electrons. The zero-order valence-electron chi connectivity index (χ0n) is 15.7. The van der Waals surface area contributed by atoms with Crippen molar-refractivity contribution < 1.29 is 27.4 Å². The van der Waals surface area contributed by atoms with Crippen LogP contribution in [0.3, 0.4) is 0 Å². The summed E-state index contributed by atoms with van der Waals surface area (Å²) in [6.07, 6.45) is -0.267. The van der Waals surface area contributed by atoms with Gasteiger partial charge in [0.05, 0.1) is 19.8 Å². The summed E-state index contributed by atoms with van der Waals surface area (Å²) in [5.41, 5.74) is 0.223. The Balaban J connectivity index is 1.94. The van der Waals surface area contributed by atoms with Crippen molar-refractivity contribution in [2.45, 2.75) is 23.8 Å². The average molecular weight is 544 g/mol. The molecule has 0 atom stereocenters. The predicted octanol–water partition coefficient (Wildman–Crippen LogP) is 4.29. The first-order chi connectivity index (χ1) is 14.3. The van der Waals surface area contributed by atoms with Crippen molar-refractivity contribution >= 4 is 55.3 Å². The first-order valence-electron chi connectivity index (χ1n) is 9.21. The fourth-order valence-corrected chi connectivity index (χ4v) is 6.49. The molecular weight excluding hydrogens is 526 g/mol. The van der Waals surface area contributed by atoms with Gasteiger partial charge >= 0.3 is 6.09 Å². The zero-order valence-corrected chi connectivity index (χ0v) is 18.6. The van der Waals surface area contributed by atoms with E-state index in [2.05, 4.69) is 0 Å². The summed E-state index contributed by atoms with van der Waals surface area (Å²) in [7, 11) is -4.00. The number of benzene rings is 2. The molecule has 1 aliphatic rings. The molecule has 2 aromatic carbocycles. The second-order valence-electron chi connectivity index (χ2n) is 6.90. The average Bonchev–Trinajstić information content (AvgIpc) is 3.06.